The fourth-order valence-corrected chi connectivity index (χ4v) is 1.67. The van der Waals surface area contributed by atoms with Crippen LogP contribution in [-0.4, -0.2) is 18.3 Å². The predicted octanol–water partition coefficient (Wildman–Crippen LogP) is 2.76. The molecule has 0 fully saturated rings. The minimum Gasteiger partial charge on any atom is -0.388 e. The summed E-state index contributed by atoms with van der Waals surface area (Å²) in [6.07, 6.45) is 0.292. The van der Waals surface area contributed by atoms with Gasteiger partial charge < -0.3 is 9.84 Å². The Morgan fingerprint density at radius 1 is 1.33 bits per heavy atom. The lowest BCUT2D eigenvalue weighted by molar-refractivity contribution is 0.0557. The Morgan fingerprint density at radius 3 is 2.60 bits per heavy atom. The molecule has 0 saturated carbocycles. The number of hydrogen-bond donors (Lipinski definition) is 1. The fraction of sp³-hybridized carbons (Fsp3) is 0.538. The van der Waals surface area contributed by atoms with Crippen molar-refractivity contribution in [2.45, 2.75) is 39.4 Å². The van der Waals surface area contributed by atoms with Crippen LogP contribution in [0.25, 0.3) is 0 Å². The van der Waals surface area contributed by atoms with Crippen LogP contribution in [0.1, 0.15) is 36.1 Å². The number of aliphatic hydroxyl groups excluding tert-OH is 1. The van der Waals surface area contributed by atoms with E-state index in [2.05, 4.69) is 13.0 Å². The van der Waals surface area contributed by atoms with Crippen LogP contribution in [0.2, 0.25) is 0 Å². The van der Waals surface area contributed by atoms with E-state index in [1.54, 1.807) is 7.11 Å². The van der Waals surface area contributed by atoms with Gasteiger partial charge >= 0.3 is 0 Å². The fourth-order valence-electron chi connectivity index (χ4n) is 1.67. The van der Waals surface area contributed by atoms with E-state index in [1.807, 2.05) is 26.0 Å². The second-order valence-electron chi connectivity index (χ2n) is 4.09. The summed E-state index contributed by atoms with van der Waals surface area (Å²) in [4.78, 5) is 0. The summed E-state index contributed by atoms with van der Waals surface area (Å²) < 4.78 is 5.15. The van der Waals surface area contributed by atoms with Gasteiger partial charge in [0.25, 0.3) is 0 Å². The van der Waals surface area contributed by atoms with Crippen molar-refractivity contribution in [3.63, 3.8) is 0 Å². The van der Waals surface area contributed by atoms with Crippen molar-refractivity contribution in [2.24, 2.45) is 0 Å². The van der Waals surface area contributed by atoms with Gasteiger partial charge in [-0.15, -0.1) is 0 Å². The Morgan fingerprint density at radius 2 is 2.00 bits per heavy atom. The summed E-state index contributed by atoms with van der Waals surface area (Å²) in [7, 11) is 1.67. The lowest BCUT2D eigenvalue weighted by atomic mass is 9.96. The van der Waals surface area contributed by atoms with Gasteiger partial charge in [-0.25, -0.2) is 0 Å². The second kappa shape index (κ2) is 5.29. The molecular weight excluding hydrogens is 188 g/mol. The highest BCUT2D eigenvalue weighted by Crippen LogP contribution is 2.24. The number of aryl methyl sites for hydroxylation is 1. The van der Waals surface area contributed by atoms with E-state index in [0.717, 1.165) is 5.56 Å². The van der Waals surface area contributed by atoms with Gasteiger partial charge in [-0.05, 0) is 37.5 Å². The molecule has 2 atom stereocenters. The first kappa shape index (κ1) is 12.2. The lowest BCUT2D eigenvalue weighted by Crippen LogP contribution is -2.12. The summed E-state index contributed by atoms with van der Waals surface area (Å²) in [6.45, 7) is 6.07. The van der Waals surface area contributed by atoms with Gasteiger partial charge in [0.05, 0.1) is 12.2 Å². The molecule has 15 heavy (non-hydrogen) atoms. The Kier molecular flexibility index (Phi) is 4.30. The van der Waals surface area contributed by atoms with Crippen LogP contribution in [0.3, 0.4) is 0 Å². The van der Waals surface area contributed by atoms with Crippen molar-refractivity contribution in [3.05, 3.63) is 34.9 Å². The first-order chi connectivity index (χ1) is 7.06. The monoisotopic (exact) mass is 208 g/mol. The van der Waals surface area contributed by atoms with Crippen LogP contribution >= 0.6 is 0 Å². The zero-order valence-electron chi connectivity index (χ0n) is 9.95. The molecule has 1 aromatic rings. The van der Waals surface area contributed by atoms with Gasteiger partial charge in [-0.2, -0.15) is 0 Å². The van der Waals surface area contributed by atoms with Crippen molar-refractivity contribution >= 4 is 0 Å². The standard InChI is InChI=1S/C13H20O2/c1-9-6-5-7-12(11(9)3)13(14)8-10(2)15-4/h5-7,10,13-14H,8H2,1-4H3. The van der Waals surface area contributed by atoms with Crippen LogP contribution in [0.5, 0.6) is 0 Å². The molecule has 0 heterocycles. The van der Waals surface area contributed by atoms with Crippen molar-refractivity contribution in [2.75, 3.05) is 7.11 Å². The highest BCUT2D eigenvalue weighted by molar-refractivity contribution is 5.34. The van der Waals surface area contributed by atoms with E-state index in [-0.39, 0.29) is 6.10 Å². The van der Waals surface area contributed by atoms with E-state index in [4.69, 9.17) is 4.74 Å². The van der Waals surface area contributed by atoms with Crippen LogP contribution < -0.4 is 0 Å². The molecule has 0 spiro atoms. The van der Waals surface area contributed by atoms with E-state index < -0.39 is 6.10 Å². The van der Waals surface area contributed by atoms with E-state index in [0.29, 0.717) is 6.42 Å². The summed E-state index contributed by atoms with van der Waals surface area (Å²) in [5.74, 6) is 0. The normalized spacial score (nSPS) is 15.0. The molecule has 0 aliphatic heterocycles. The van der Waals surface area contributed by atoms with Gasteiger partial charge in [-0.1, -0.05) is 18.2 Å². The minimum atomic E-state index is -0.431. The molecule has 2 unspecified atom stereocenters. The Bertz CT molecular complexity index is 320. The van der Waals surface area contributed by atoms with Crippen molar-refractivity contribution < 1.29 is 9.84 Å². The number of rotatable bonds is 4. The van der Waals surface area contributed by atoms with Crippen LogP contribution in [0.4, 0.5) is 0 Å². The molecular formula is C13H20O2. The van der Waals surface area contributed by atoms with Crippen LogP contribution in [0.15, 0.2) is 18.2 Å². The number of ether oxygens (including phenoxy) is 1. The summed E-state index contributed by atoms with van der Waals surface area (Å²) in [6, 6.07) is 6.03. The van der Waals surface area contributed by atoms with Crippen LogP contribution in [-0.2, 0) is 4.74 Å². The first-order valence-electron chi connectivity index (χ1n) is 5.33. The molecule has 1 N–H and O–H groups in total. The Hall–Kier alpha value is -0.860. The van der Waals surface area contributed by atoms with Gasteiger partial charge in [-0.3, -0.25) is 0 Å². The third-order valence-corrected chi connectivity index (χ3v) is 2.96. The van der Waals surface area contributed by atoms with E-state index in [1.165, 1.54) is 11.1 Å². The summed E-state index contributed by atoms with van der Waals surface area (Å²) in [5, 5.41) is 10.0. The molecule has 0 bridgehead atoms. The van der Waals surface area contributed by atoms with Gasteiger partial charge in [0.2, 0.25) is 0 Å². The molecule has 84 valence electrons. The number of methoxy groups -OCH3 is 1. The highest BCUT2D eigenvalue weighted by atomic mass is 16.5. The van der Waals surface area contributed by atoms with Crippen molar-refractivity contribution in [1.82, 2.24) is 0 Å². The molecule has 1 rings (SSSR count). The SMILES string of the molecule is COC(C)CC(O)c1cccc(C)c1C. The smallest absolute Gasteiger partial charge is 0.0817 e. The zero-order valence-corrected chi connectivity index (χ0v) is 9.95. The highest BCUT2D eigenvalue weighted by Gasteiger charge is 2.14. The van der Waals surface area contributed by atoms with Crippen molar-refractivity contribution in [3.8, 4) is 0 Å². The largest absolute Gasteiger partial charge is 0.388 e. The minimum absolute atomic E-state index is 0.0833. The average molecular weight is 208 g/mol. The third kappa shape index (κ3) is 3.05. The predicted molar refractivity (Wildman–Crippen MR) is 62.0 cm³/mol. The zero-order chi connectivity index (χ0) is 11.4. The molecule has 0 saturated heterocycles. The Balaban J connectivity index is 2.82. The first-order valence-corrected chi connectivity index (χ1v) is 5.33. The maximum atomic E-state index is 10.0. The van der Waals surface area contributed by atoms with Gasteiger partial charge in [0.1, 0.15) is 0 Å². The average Bonchev–Trinajstić information content (AvgIpc) is 2.21. The molecule has 0 radical (unpaired) electrons. The maximum absolute atomic E-state index is 10.0. The molecule has 2 nitrogen and oxygen atoms in total. The van der Waals surface area contributed by atoms with E-state index in [9.17, 15) is 5.11 Å². The van der Waals surface area contributed by atoms with Gasteiger partial charge in [0.15, 0.2) is 0 Å². The molecule has 2 heteroatoms. The summed E-state index contributed by atoms with van der Waals surface area (Å²) in [5.41, 5.74) is 3.41. The molecule has 0 aliphatic rings. The Labute approximate surface area is 91.9 Å². The molecule has 0 amide bonds. The quantitative estimate of drug-likeness (QED) is 0.824. The summed E-state index contributed by atoms with van der Waals surface area (Å²) >= 11 is 0. The van der Waals surface area contributed by atoms with Gasteiger partial charge in [0, 0.05) is 13.5 Å². The van der Waals surface area contributed by atoms with Crippen molar-refractivity contribution in [1.29, 1.82) is 0 Å². The maximum Gasteiger partial charge on any atom is 0.0817 e. The third-order valence-electron chi connectivity index (χ3n) is 2.96. The number of hydrogen-bond acceptors (Lipinski definition) is 2. The molecule has 0 aromatic heterocycles. The van der Waals surface area contributed by atoms with Crippen LogP contribution in [0, 0.1) is 13.8 Å². The lowest BCUT2D eigenvalue weighted by Gasteiger charge is -2.18. The molecule has 1 aromatic carbocycles. The topological polar surface area (TPSA) is 29.5 Å². The number of aliphatic hydroxyl groups is 1. The number of benzene rings is 1. The van der Waals surface area contributed by atoms with E-state index >= 15 is 0 Å². The molecule has 0 aliphatic carbocycles. The second-order valence-corrected chi connectivity index (χ2v) is 4.09.